The molecule has 0 bridgehead atoms. The Balaban J connectivity index is 1.63. The summed E-state index contributed by atoms with van der Waals surface area (Å²) in [7, 11) is 1.91. The summed E-state index contributed by atoms with van der Waals surface area (Å²) in [6.45, 7) is 1.20. The highest BCUT2D eigenvalue weighted by Crippen LogP contribution is 2.32. The maximum atomic E-state index is 5.98. The molecule has 3 heterocycles. The van der Waals surface area contributed by atoms with Crippen molar-refractivity contribution in [2.24, 2.45) is 10.7 Å². The lowest BCUT2D eigenvalue weighted by molar-refractivity contribution is 0.566. The second-order valence-corrected chi connectivity index (χ2v) is 8.22. The van der Waals surface area contributed by atoms with E-state index in [1.807, 2.05) is 25.3 Å². The highest BCUT2D eigenvalue weighted by molar-refractivity contribution is 7.12. The lowest BCUT2D eigenvalue weighted by Crippen LogP contribution is -2.43. The van der Waals surface area contributed by atoms with Crippen molar-refractivity contribution < 1.29 is 0 Å². The second-order valence-electron chi connectivity index (χ2n) is 7.27. The van der Waals surface area contributed by atoms with Crippen molar-refractivity contribution in [1.29, 1.82) is 0 Å². The van der Waals surface area contributed by atoms with Gasteiger partial charge in [0, 0.05) is 24.9 Å². The SMILES string of the molecule is CNC1N=C(c2cccs2)C=CN1c1nc2c(-c3ccccc3)cccc2n1CCN. The Morgan fingerprint density at radius 3 is 2.68 bits per heavy atom. The first-order chi connectivity index (χ1) is 15.3. The minimum absolute atomic E-state index is 0.254. The number of aromatic nitrogens is 2. The maximum Gasteiger partial charge on any atom is 0.213 e. The Morgan fingerprint density at radius 1 is 1.06 bits per heavy atom. The third-order valence-electron chi connectivity index (χ3n) is 5.38. The Hall–Kier alpha value is -3.26. The molecule has 0 saturated carbocycles. The van der Waals surface area contributed by atoms with Gasteiger partial charge < -0.3 is 10.3 Å². The summed E-state index contributed by atoms with van der Waals surface area (Å²) in [5, 5.41) is 5.38. The second kappa shape index (κ2) is 8.47. The van der Waals surface area contributed by atoms with Crippen molar-refractivity contribution in [2.45, 2.75) is 12.8 Å². The van der Waals surface area contributed by atoms with E-state index in [0.29, 0.717) is 13.1 Å². The van der Waals surface area contributed by atoms with Crippen LogP contribution in [0.3, 0.4) is 0 Å². The van der Waals surface area contributed by atoms with Crippen molar-refractivity contribution in [3.05, 3.63) is 83.2 Å². The van der Waals surface area contributed by atoms with Crippen LogP contribution >= 0.6 is 11.3 Å². The molecule has 31 heavy (non-hydrogen) atoms. The minimum Gasteiger partial charge on any atom is -0.329 e. The third-order valence-corrected chi connectivity index (χ3v) is 6.27. The summed E-state index contributed by atoms with van der Waals surface area (Å²) in [4.78, 5) is 13.2. The van der Waals surface area contributed by atoms with Gasteiger partial charge in [-0.1, -0.05) is 48.5 Å². The summed E-state index contributed by atoms with van der Waals surface area (Å²) in [5.74, 6) is 0.827. The fraction of sp³-hybridized carbons (Fsp3) is 0.167. The zero-order valence-corrected chi connectivity index (χ0v) is 18.1. The Labute approximate surface area is 185 Å². The van der Waals surface area contributed by atoms with E-state index in [2.05, 4.69) is 74.9 Å². The number of rotatable bonds is 6. The molecule has 4 aromatic rings. The molecule has 1 unspecified atom stereocenters. The molecule has 1 atom stereocenters. The van der Waals surface area contributed by atoms with Crippen molar-refractivity contribution in [3.8, 4) is 11.1 Å². The molecule has 0 spiro atoms. The summed E-state index contributed by atoms with van der Waals surface area (Å²) >= 11 is 1.69. The lowest BCUT2D eigenvalue weighted by Gasteiger charge is -2.30. The van der Waals surface area contributed by atoms with E-state index in [0.717, 1.165) is 38.7 Å². The number of nitrogens with one attached hydrogen (secondary N) is 1. The van der Waals surface area contributed by atoms with Crippen molar-refractivity contribution in [3.63, 3.8) is 0 Å². The highest BCUT2D eigenvalue weighted by atomic mass is 32.1. The molecule has 0 radical (unpaired) electrons. The molecule has 156 valence electrons. The molecule has 1 aliphatic heterocycles. The van der Waals surface area contributed by atoms with Gasteiger partial charge in [0.05, 0.1) is 21.6 Å². The van der Waals surface area contributed by atoms with Crippen LogP contribution in [0.5, 0.6) is 0 Å². The van der Waals surface area contributed by atoms with Crippen LogP contribution in [0.25, 0.3) is 22.2 Å². The first-order valence-electron chi connectivity index (χ1n) is 10.3. The molecular weight excluding hydrogens is 404 g/mol. The molecule has 3 N–H and O–H groups in total. The van der Waals surface area contributed by atoms with Crippen LogP contribution in [0, 0.1) is 0 Å². The number of para-hydroxylation sites is 1. The maximum absolute atomic E-state index is 5.98. The Bertz CT molecular complexity index is 1240. The number of thiophene rings is 1. The van der Waals surface area contributed by atoms with Gasteiger partial charge in [-0.3, -0.25) is 10.2 Å². The van der Waals surface area contributed by atoms with Crippen molar-refractivity contribution in [1.82, 2.24) is 14.9 Å². The van der Waals surface area contributed by atoms with Crippen LogP contribution in [0.15, 0.2) is 83.3 Å². The van der Waals surface area contributed by atoms with Crippen LogP contribution in [-0.4, -0.2) is 35.1 Å². The largest absolute Gasteiger partial charge is 0.329 e. The fourth-order valence-electron chi connectivity index (χ4n) is 3.95. The molecule has 0 saturated heterocycles. The number of anilines is 1. The van der Waals surface area contributed by atoms with Crippen molar-refractivity contribution >= 4 is 34.0 Å². The summed E-state index contributed by atoms with van der Waals surface area (Å²) in [6, 6.07) is 20.8. The number of hydrogen-bond donors (Lipinski definition) is 2. The van der Waals surface area contributed by atoms with Gasteiger partial charge in [0.25, 0.3) is 0 Å². The minimum atomic E-state index is -0.254. The van der Waals surface area contributed by atoms with Crippen LogP contribution in [-0.2, 0) is 6.54 Å². The molecule has 5 rings (SSSR count). The van der Waals surface area contributed by atoms with E-state index < -0.39 is 0 Å². The number of nitrogens with two attached hydrogens (primary N) is 1. The predicted octanol–water partition coefficient (Wildman–Crippen LogP) is 4.05. The van der Waals surface area contributed by atoms with Gasteiger partial charge in [-0.15, -0.1) is 11.3 Å². The van der Waals surface area contributed by atoms with E-state index in [1.54, 1.807) is 11.3 Å². The summed E-state index contributed by atoms with van der Waals surface area (Å²) in [5.41, 5.74) is 11.2. The van der Waals surface area contributed by atoms with Gasteiger partial charge in [0.1, 0.15) is 0 Å². The predicted molar refractivity (Wildman–Crippen MR) is 130 cm³/mol. The van der Waals surface area contributed by atoms with Gasteiger partial charge in [-0.2, -0.15) is 0 Å². The molecule has 2 aromatic heterocycles. The fourth-order valence-corrected chi connectivity index (χ4v) is 4.65. The molecule has 0 aliphatic carbocycles. The molecule has 7 heteroatoms. The van der Waals surface area contributed by atoms with Crippen LogP contribution in [0.2, 0.25) is 0 Å². The van der Waals surface area contributed by atoms with Gasteiger partial charge in [0.15, 0.2) is 6.29 Å². The number of benzene rings is 2. The van der Waals surface area contributed by atoms with E-state index in [9.17, 15) is 0 Å². The summed E-state index contributed by atoms with van der Waals surface area (Å²) < 4.78 is 2.18. The zero-order chi connectivity index (χ0) is 21.2. The van der Waals surface area contributed by atoms with E-state index in [1.165, 1.54) is 0 Å². The first kappa shape index (κ1) is 19.7. The normalized spacial score (nSPS) is 16.1. The quantitative estimate of drug-likeness (QED) is 0.486. The van der Waals surface area contributed by atoms with Gasteiger partial charge in [0.2, 0.25) is 5.95 Å². The number of allylic oxidation sites excluding steroid dienone is 1. The summed E-state index contributed by atoms with van der Waals surface area (Å²) in [6.07, 6.45) is 3.85. The van der Waals surface area contributed by atoms with E-state index in [-0.39, 0.29) is 6.29 Å². The standard InChI is InChI=1S/C24H24N6S/c1-26-23-27-19(21-11-6-16-31-21)12-14-30(23)24-28-22-18(17-7-3-2-4-8-17)9-5-10-20(22)29(24)15-13-25/h2-12,14,16,23,26H,13,15,25H2,1H3. The Kier molecular flexibility index (Phi) is 5.38. The van der Waals surface area contributed by atoms with Crippen LogP contribution < -0.4 is 16.0 Å². The molecule has 6 nitrogen and oxygen atoms in total. The smallest absolute Gasteiger partial charge is 0.213 e. The number of nitrogens with zero attached hydrogens (tertiary/aromatic N) is 4. The van der Waals surface area contributed by atoms with E-state index >= 15 is 0 Å². The van der Waals surface area contributed by atoms with E-state index in [4.69, 9.17) is 15.7 Å². The van der Waals surface area contributed by atoms with Gasteiger partial charge >= 0.3 is 0 Å². The molecule has 2 aromatic carbocycles. The Morgan fingerprint density at radius 2 is 1.94 bits per heavy atom. The number of aliphatic imine (C=N–C) groups is 1. The monoisotopic (exact) mass is 428 g/mol. The van der Waals surface area contributed by atoms with Crippen molar-refractivity contribution in [2.75, 3.05) is 18.5 Å². The van der Waals surface area contributed by atoms with Gasteiger partial charge in [-0.05, 0) is 36.2 Å². The molecule has 0 amide bonds. The first-order valence-corrected chi connectivity index (χ1v) is 11.2. The van der Waals surface area contributed by atoms with Crippen LogP contribution in [0.4, 0.5) is 5.95 Å². The third kappa shape index (κ3) is 3.57. The number of hydrogen-bond acceptors (Lipinski definition) is 6. The van der Waals surface area contributed by atoms with Gasteiger partial charge in [-0.25, -0.2) is 9.98 Å². The average molecular weight is 429 g/mol. The average Bonchev–Trinajstić information content (AvgIpc) is 3.48. The molecule has 0 fully saturated rings. The topological polar surface area (TPSA) is 71.5 Å². The number of imidazole rings is 1. The molecular formula is C24H24N6S. The van der Waals surface area contributed by atoms with Crippen LogP contribution in [0.1, 0.15) is 4.88 Å². The highest BCUT2D eigenvalue weighted by Gasteiger charge is 2.25. The zero-order valence-electron chi connectivity index (χ0n) is 17.3. The number of fused-ring (bicyclic) bond motifs is 1. The lowest BCUT2D eigenvalue weighted by atomic mass is 10.0. The molecule has 1 aliphatic rings.